The van der Waals surface area contributed by atoms with Crippen LogP contribution in [0.15, 0.2) is 65.1 Å². The molecule has 3 aromatic rings. The van der Waals surface area contributed by atoms with Gasteiger partial charge in [-0.2, -0.15) is 0 Å². The van der Waals surface area contributed by atoms with Gasteiger partial charge in [0.15, 0.2) is 5.76 Å². The number of hydrogen-bond donors (Lipinski definition) is 0. The van der Waals surface area contributed by atoms with Crippen molar-refractivity contribution in [1.82, 2.24) is 4.90 Å². The number of likely N-dealkylation sites (tertiary alicyclic amines) is 1. The number of carboxylic acids is 1. The largest absolute Gasteiger partial charge is 0.548 e. The van der Waals surface area contributed by atoms with Crippen LogP contribution in [0.1, 0.15) is 34.7 Å². The summed E-state index contributed by atoms with van der Waals surface area (Å²) in [5.74, 6) is -0.253. The number of ether oxygens (including phenoxy) is 1. The third kappa shape index (κ3) is 4.08. The molecule has 2 heterocycles. The average molecular weight is 404 g/mol. The van der Waals surface area contributed by atoms with Crippen LogP contribution in [0.2, 0.25) is 0 Å². The third-order valence-corrected chi connectivity index (χ3v) is 5.37. The monoisotopic (exact) mass is 404 g/mol. The zero-order chi connectivity index (χ0) is 21.1. The first-order chi connectivity index (χ1) is 14.5. The summed E-state index contributed by atoms with van der Waals surface area (Å²) >= 11 is 0. The minimum Gasteiger partial charge on any atom is -0.548 e. The molecule has 2 aromatic carbocycles. The third-order valence-electron chi connectivity index (χ3n) is 5.37. The summed E-state index contributed by atoms with van der Waals surface area (Å²) in [6.45, 7) is 2.39. The Morgan fingerprint density at radius 3 is 2.50 bits per heavy atom. The number of benzene rings is 2. The van der Waals surface area contributed by atoms with Crippen LogP contribution in [-0.4, -0.2) is 29.4 Å². The summed E-state index contributed by atoms with van der Waals surface area (Å²) in [6.07, 6.45) is 1.04. The van der Waals surface area contributed by atoms with E-state index in [1.165, 1.54) is 4.90 Å². The van der Waals surface area contributed by atoms with Crippen molar-refractivity contribution in [3.63, 3.8) is 0 Å². The number of nitrogens with zero attached hydrogens (tertiary/aromatic N) is 1. The summed E-state index contributed by atoms with van der Waals surface area (Å²) in [7, 11) is 0. The SMILES string of the molecule is Cc1oc(C(=O)N2CCC[C@H]2C(=O)[O-])cc1COc1ccc(-c2ccccc2)cc1. The van der Waals surface area contributed by atoms with E-state index in [0.29, 0.717) is 30.9 Å². The molecule has 0 aliphatic carbocycles. The van der Waals surface area contributed by atoms with E-state index in [0.717, 1.165) is 16.7 Å². The molecule has 0 spiro atoms. The van der Waals surface area contributed by atoms with Crippen LogP contribution in [0.4, 0.5) is 0 Å². The second-order valence-electron chi connectivity index (χ2n) is 7.35. The van der Waals surface area contributed by atoms with E-state index in [4.69, 9.17) is 9.15 Å². The topological polar surface area (TPSA) is 82.8 Å². The van der Waals surface area contributed by atoms with Gasteiger partial charge in [-0.25, -0.2) is 0 Å². The molecule has 0 unspecified atom stereocenters. The highest BCUT2D eigenvalue weighted by Gasteiger charge is 2.32. The van der Waals surface area contributed by atoms with Gasteiger partial charge >= 0.3 is 0 Å². The summed E-state index contributed by atoms with van der Waals surface area (Å²) in [6, 6.07) is 18.6. The maximum atomic E-state index is 12.7. The van der Waals surface area contributed by atoms with E-state index in [2.05, 4.69) is 12.1 Å². The van der Waals surface area contributed by atoms with E-state index in [1.807, 2.05) is 42.5 Å². The van der Waals surface area contributed by atoms with Gasteiger partial charge in [-0.3, -0.25) is 4.79 Å². The van der Waals surface area contributed by atoms with Crippen LogP contribution >= 0.6 is 0 Å². The standard InChI is InChI=1S/C24H23NO5/c1-16-19(14-22(30-16)23(26)25-13-5-8-21(25)24(27)28)15-29-20-11-9-18(10-12-20)17-6-3-2-4-7-17/h2-4,6-7,9-12,14,21H,5,8,13,15H2,1H3,(H,27,28)/p-1/t21-/m0/s1. The molecule has 0 saturated carbocycles. The second kappa shape index (κ2) is 8.45. The number of furan rings is 1. The molecule has 1 aliphatic heterocycles. The molecule has 1 amide bonds. The lowest BCUT2D eigenvalue weighted by Gasteiger charge is -2.24. The van der Waals surface area contributed by atoms with Crippen molar-refractivity contribution in [2.75, 3.05) is 6.54 Å². The lowest BCUT2D eigenvalue weighted by Crippen LogP contribution is -2.46. The molecule has 0 N–H and O–H groups in total. The molecule has 30 heavy (non-hydrogen) atoms. The molecule has 154 valence electrons. The van der Waals surface area contributed by atoms with Crippen molar-refractivity contribution in [1.29, 1.82) is 0 Å². The Morgan fingerprint density at radius 2 is 1.80 bits per heavy atom. The van der Waals surface area contributed by atoms with E-state index >= 15 is 0 Å². The molecular formula is C24H22NO5-. The van der Waals surface area contributed by atoms with Crippen molar-refractivity contribution in [3.05, 3.63) is 77.7 Å². The van der Waals surface area contributed by atoms with Gasteiger partial charge in [0.05, 0.1) is 12.0 Å². The van der Waals surface area contributed by atoms with Crippen LogP contribution in [0.5, 0.6) is 5.75 Å². The summed E-state index contributed by atoms with van der Waals surface area (Å²) in [5.41, 5.74) is 2.98. The van der Waals surface area contributed by atoms with Crippen LogP contribution in [0.3, 0.4) is 0 Å². The van der Waals surface area contributed by atoms with Crippen molar-refractivity contribution < 1.29 is 23.8 Å². The van der Waals surface area contributed by atoms with Gasteiger partial charge in [0.25, 0.3) is 5.91 Å². The highest BCUT2D eigenvalue weighted by Crippen LogP contribution is 2.25. The predicted octanol–water partition coefficient (Wildman–Crippen LogP) is 3.19. The average Bonchev–Trinajstić information content (AvgIpc) is 3.40. The van der Waals surface area contributed by atoms with Crippen molar-refractivity contribution >= 4 is 11.9 Å². The first kappa shape index (κ1) is 19.8. The Labute approximate surface area is 174 Å². The van der Waals surface area contributed by atoms with Gasteiger partial charge < -0.3 is 24.0 Å². The summed E-state index contributed by atoms with van der Waals surface area (Å²) in [4.78, 5) is 25.2. The molecule has 1 aliphatic rings. The lowest BCUT2D eigenvalue weighted by atomic mass is 10.1. The number of carbonyl (C=O) groups excluding carboxylic acids is 2. The molecular weight excluding hydrogens is 382 g/mol. The molecule has 6 heteroatoms. The molecule has 6 nitrogen and oxygen atoms in total. The van der Waals surface area contributed by atoms with Crippen molar-refractivity contribution in [3.8, 4) is 16.9 Å². The smallest absolute Gasteiger partial charge is 0.290 e. The fraction of sp³-hybridized carbons (Fsp3) is 0.250. The van der Waals surface area contributed by atoms with E-state index < -0.39 is 17.9 Å². The molecule has 1 fully saturated rings. The van der Waals surface area contributed by atoms with E-state index in [9.17, 15) is 14.7 Å². The van der Waals surface area contributed by atoms with Crippen LogP contribution in [0.25, 0.3) is 11.1 Å². The highest BCUT2D eigenvalue weighted by molar-refractivity contribution is 5.94. The molecule has 0 radical (unpaired) electrons. The Bertz CT molecular complexity index is 1040. The number of aryl methyl sites for hydroxylation is 1. The maximum Gasteiger partial charge on any atom is 0.290 e. The van der Waals surface area contributed by atoms with Crippen molar-refractivity contribution in [2.45, 2.75) is 32.4 Å². The van der Waals surface area contributed by atoms with Crippen LogP contribution < -0.4 is 9.84 Å². The van der Waals surface area contributed by atoms with E-state index in [1.54, 1.807) is 13.0 Å². The zero-order valence-corrected chi connectivity index (χ0v) is 16.7. The molecule has 0 bridgehead atoms. The van der Waals surface area contributed by atoms with E-state index in [-0.39, 0.29) is 12.4 Å². The number of aliphatic carboxylic acids is 1. The van der Waals surface area contributed by atoms with Gasteiger partial charge in [0.2, 0.25) is 0 Å². The van der Waals surface area contributed by atoms with Gasteiger partial charge in [-0.05, 0) is 49.1 Å². The Kier molecular flexibility index (Phi) is 5.57. The quantitative estimate of drug-likeness (QED) is 0.630. The fourth-order valence-electron chi connectivity index (χ4n) is 3.70. The summed E-state index contributed by atoms with van der Waals surface area (Å²) < 4.78 is 11.5. The normalized spacial score (nSPS) is 15.9. The maximum absolute atomic E-state index is 12.7. The minimum absolute atomic E-state index is 0.124. The molecule has 1 aromatic heterocycles. The number of carboxylic acid groups (broad SMARTS) is 1. The number of rotatable bonds is 6. The van der Waals surface area contributed by atoms with Gasteiger partial charge in [-0.15, -0.1) is 0 Å². The fourth-order valence-corrected chi connectivity index (χ4v) is 3.70. The second-order valence-corrected chi connectivity index (χ2v) is 7.35. The number of amides is 1. The Morgan fingerprint density at radius 1 is 1.10 bits per heavy atom. The Hall–Kier alpha value is -3.54. The first-order valence-electron chi connectivity index (χ1n) is 9.92. The lowest BCUT2D eigenvalue weighted by molar-refractivity contribution is -0.310. The molecule has 4 rings (SSSR count). The first-order valence-corrected chi connectivity index (χ1v) is 9.92. The van der Waals surface area contributed by atoms with Gasteiger partial charge in [-0.1, -0.05) is 42.5 Å². The number of carbonyl (C=O) groups is 2. The van der Waals surface area contributed by atoms with Gasteiger partial charge in [0, 0.05) is 12.1 Å². The van der Waals surface area contributed by atoms with Crippen LogP contribution in [0, 0.1) is 6.92 Å². The predicted molar refractivity (Wildman–Crippen MR) is 109 cm³/mol. The van der Waals surface area contributed by atoms with Crippen molar-refractivity contribution in [2.24, 2.45) is 0 Å². The van der Waals surface area contributed by atoms with Gasteiger partial charge in [0.1, 0.15) is 18.1 Å². The number of hydrogen-bond acceptors (Lipinski definition) is 5. The Balaban J connectivity index is 1.42. The summed E-state index contributed by atoms with van der Waals surface area (Å²) in [5, 5.41) is 11.2. The minimum atomic E-state index is -1.23. The zero-order valence-electron chi connectivity index (χ0n) is 16.7. The molecule has 1 atom stereocenters. The molecule has 1 saturated heterocycles. The highest BCUT2D eigenvalue weighted by atomic mass is 16.5. The van der Waals surface area contributed by atoms with Crippen LogP contribution in [-0.2, 0) is 11.4 Å².